The van der Waals surface area contributed by atoms with Crippen LogP contribution in [0.25, 0.3) is 0 Å². The topological polar surface area (TPSA) is 61.9 Å². The Bertz CT molecular complexity index is 967. The number of carbonyl (C=O) groups is 2. The number of aryl methyl sites for hydroxylation is 2. The number of amides is 3. The summed E-state index contributed by atoms with van der Waals surface area (Å²) in [5.74, 6) is -0.116. The lowest BCUT2D eigenvalue weighted by Crippen LogP contribution is -2.35. The lowest BCUT2D eigenvalue weighted by Gasteiger charge is -2.29. The van der Waals surface area contributed by atoms with Crippen LogP contribution in [0.4, 0.5) is 21.9 Å². The molecule has 3 amide bonds. The van der Waals surface area contributed by atoms with E-state index in [4.69, 9.17) is 4.74 Å². The van der Waals surface area contributed by atoms with Gasteiger partial charge in [-0.15, -0.1) is 0 Å². The Kier molecular flexibility index (Phi) is 7.56. The summed E-state index contributed by atoms with van der Waals surface area (Å²) in [5.41, 5.74) is 4.18. The maximum atomic E-state index is 13.5. The molecule has 172 valence electrons. The lowest BCUT2D eigenvalue weighted by molar-refractivity contribution is -0.128. The Hall–Kier alpha value is -2.86. The van der Waals surface area contributed by atoms with Gasteiger partial charge in [-0.2, -0.15) is 0 Å². The summed E-state index contributed by atoms with van der Waals surface area (Å²) in [6.45, 7) is 11.2. The van der Waals surface area contributed by atoms with Gasteiger partial charge in [-0.25, -0.2) is 4.79 Å². The van der Waals surface area contributed by atoms with Crippen molar-refractivity contribution in [2.24, 2.45) is 0 Å². The van der Waals surface area contributed by atoms with Gasteiger partial charge in [0.2, 0.25) is 0 Å². The molecule has 0 atom stereocenters. The van der Waals surface area contributed by atoms with Crippen LogP contribution in [0.1, 0.15) is 52.2 Å². The third kappa shape index (κ3) is 5.30. The van der Waals surface area contributed by atoms with Crippen molar-refractivity contribution < 1.29 is 14.3 Å². The molecule has 0 saturated heterocycles. The van der Waals surface area contributed by atoms with Crippen molar-refractivity contribution in [3.8, 4) is 0 Å². The Morgan fingerprint density at radius 1 is 1.00 bits per heavy atom. The van der Waals surface area contributed by atoms with Gasteiger partial charge in [0.25, 0.3) is 5.91 Å². The molecule has 0 aliphatic carbocycles. The second kappa shape index (κ2) is 10.2. The number of nitrogens with one attached hydrogen (secondary N) is 1. The number of carbonyl (C=O) groups excluding carboxylic acids is 2. The van der Waals surface area contributed by atoms with Gasteiger partial charge < -0.3 is 15.0 Å². The molecule has 6 nitrogen and oxygen atoms in total. The average molecular weight is 438 g/mol. The number of nitrogens with zero attached hydrogens (tertiary/aromatic N) is 2. The molecule has 6 heteroatoms. The van der Waals surface area contributed by atoms with E-state index in [2.05, 4.69) is 11.4 Å². The summed E-state index contributed by atoms with van der Waals surface area (Å²) >= 11 is 0. The van der Waals surface area contributed by atoms with E-state index in [0.29, 0.717) is 18.8 Å². The highest BCUT2D eigenvalue weighted by Crippen LogP contribution is 2.38. The van der Waals surface area contributed by atoms with Crippen molar-refractivity contribution in [1.82, 2.24) is 4.90 Å². The molecule has 1 N–H and O–H groups in total. The summed E-state index contributed by atoms with van der Waals surface area (Å²) < 4.78 is 5.95. The van der Waals surface area contributed by atoms with Gasteiger partial charge in [0.15, 0.2) is 0 Å². The molecule has 0 aromatic heterocycles. The summed E-state index contributed by atoms with van der Waals surface area (Å²) in [6.07, 6.45) is 2.48. The van der Waals surface area contributed by atoms with Crippen molar-refractivity contribution in [3.63, 3.8) is 0 Å². The third-order valence-electron chi connectivity index (χ3n) is 6.21. The minimum Gasteiger partial charge on any atom is -0.366 e. The Labute approximate surface area is 191 Å². The van der Waals surface area contributed by atoms with E-state index >= 15 is 0 Å². The van der Waals surface area contributed by atoms with Crippen LogP contribution in [-0.2, 0) is 22.4 Å². The van der Waals surface area contributed by atoms with E-state index in [0.717, 1.165) is 41.8 Å². The standard InChI is InChI=1S/C26H35N3O3/c1-6-26(4,5)32-18-24(30)29-22-12-10-9-11-19(22)13-14-20-15-16-21(17-23(20)29)27-25(31)28(7-2)8-3/h9-12,15-17H,6-8,13-14,18H2,1-5H3,(H,27,31). The van der Waals surface area contributed by atoms with Gasteiger partial charge in [0, 0.05) is 18.8 Å². The molecule has 0 spiro atoms. The molecule has 1 aliphatic rings. The molecular formula is C26H35N3O3. The number of rotatable bonds is 7. The van der Waals surface area contributed by atoms with E-state index in [9.17, 15) is 9.59 Å². The quantitative estimate of drug-likeness (QED) is 0.620. The van der Waals surface area contributed by atoms with Crippen LogP contribution in [0.5, 0.6) is 0 Å². The Morgan fingerprint density at radius 3 is 2.31 bits per heavy atom. The number of hydrogen-bond acceptors (Lipinski definition) is 3. The van der Waals surface area contributed by atoms with Crippen LogP contribution >= 0.6 is 0 Å². The highest BCUT2D eigenvalue weighted by molar-refractivity contribution is 6.04. The normalized spacial score (nSPS) is 13.1. The molecule has 0 unspecified atom stereocenters. The van der Waals surface area contributed by atoms with E-state index in [-0.39, 0.29) is 24.1 Å². The van der Waals surface area contributed by atoms with Crippen LogP contribution < -0.4 is 10.2 Å². The smallest absolute Gasteiger partial charge is 0.321 e. The molecule has 0 saturated carbocycles. The van der Waals surface area contributed by atoms with Crippen molar-refractivity contribution in [2.75, 3.05) is 29.9 Å². The fraction of sp³-hybridized carbons (Fsp3) is 0.462. The maximum Gasteiger partial charge on any atom is 0.321 e. The van der Waals surface area contributed by atoms with Crippen LogP contribution in [0.2, 0.25) is 0 Å². The second-order valence-electron chi connectivity index (χ2n) is 8.71. The molecule has 0 radical (unpaired) electrons. The number of anilines is 3. The van der Waals surface area contributed by atoms with Crippen molar-refractivity contribution in [2.45, 2.75) is 59.5 Å². The zero-order chi connectivity index (χ0) is 23.3. The molecule has 3 rings (SSSR count). The van der Waals surface area contributed by atoms with Crippen LogP contribution in [-0.4, -0.2) is 42.1 Å². The predicted molar refractivity (Wildman–Crippen MR) is 130 cm³/mol. The van der Waals surface area contributed by atoms with Gasteiger partial charge in [-0.1, -0.05) is 31.2 Å². The summed E-state index contributed by atoms with van der Waals surface area (Å²) in [4.78, 5) is 29.6. The van der Waals surface area contributed by atoms with Crippen LogP contribution in [0.15, 0.2) is 42.5 Å². The van der Waals surface area contributed by atoms with Crippen molar-refractivity contribution in [1.29, 1.82) is 0 Å². The number of para-hydroxylation sites is 1. The zero-order valence-corrected chi connectivity index (χ0v) is 19.9. The molecular weight excluding hydrogens is 402 g/mol. The molecule has 2 aromatic rings. The van der Waals surface area contributed by atoms with Gasteiger partial charge in [0.1, 0.15) is 6.61 Å². The SMILES string of the molecule is CCN(CC)C(=O)Nc1ccc2c(c1)N(C(=O)COC(C)(C)CC)c1ccccc1CC2. The van der Waals surface area contributed by atoms with Gasteiger partial charge in [0.05, 0.1) is 17.0 Å². The van der Waals surface area contributed by atoms with Gasteiger partial charge >= 0.3 is 6.03 Å². The van der Waals surface area contributed by atoms with E-state index in [1.807, 2.05) is 71.0 Å². The molecule has 0 fully saturated rings. The first kappa shape index (κ1) is 23.8. The number of ether oxygens (including phenoxy) is 1. The maximum absolute atomic E-state index is 13.5. The highest BCUT2D eigenvalue weighted by atomic mass is 16.5. The highest BCUT2D eigenvalue weighted by Gasteiger charge is 2.28. The number of fused-ring (bicyclic) bond motifs is 2. The largest absolute Gasteiger partial charge is 0.366 e. The second-order valence-corrected chi connectivity index (χ2v) is 8.71. The molecule has 1 aliphatic heterocycles. The molecule has 1 heterocycles. The van der Waals surface area contributed by atoms with Crippen molar-refractivity contribution >= 4 is 29.0 Å². The number of hydrogen-bond donors (Lipinski definition) is 1. The van der Waals surface area contributed by atoms with Gasteiger partial charge in [-0.05, 0) is 76.3 Å². The Morgan fingerprint density at radius 2 is 1.66 bits per heavy atom. The lowest BCUT2D eigenvalue weighted by atomic mass is 10.0. The van der Waals surface area contributed by atoms with E-state index in [1.54, 1.807) is 9.80 Å². The summed E-state index contributed by atoms with van der Waals surface area (Å²) in [6, 6.07) is 13.7. The van der Waals surface area contributed by atoms with Crippen LogP contribution in [0.3, 0.4) is 0 Å². The van der Waals surface area contributed by atoms with Crippen molar-refractivity contribution in [3.05, 3.63) is 53.6 Å². The third-order valence-corrected chi connectivity index (χ3v) is 6.21. The molecule has 32 heavy (non-hydrogen) atoms. The molecule has 0 bridgehead atoms. The minimum absolute atomic E-state index is 0.00928. The van der Waals surface area contributed by atoms with Gasteiger partial charge in [-0.3, -0.25) is 9.69 Å². The minimum atomic E-state index is -0.372. The molecule has 2 aromatic carbocycles. The summed E-state index contributed by atoms with van der Waals surface area (Å²) in [5, 5.41) is 2.98. The first-order valence-electron chi connectivity index (χ1n) is 11.5. The predicted octanol–water partition coefficient (Wildman–Crippen LogP) is 5.53. The Balaban J connectivity index is 1.98. The van der Waals surface area contributed by atoms with E-state index < -0.39 is 0 Å². The fourth-order valence-corrected chi connectivity index (χ4v) is 3.81. The average Bonchev–Trinajstić information content (AvgIpc) is 2.95. The van der Waals surface area contributed by atoms with E-state index in [1.165, 1.54) is 0 Å². The monoisotopic (exact) mass is 437 g/mol. The first-order chi connectivity index (χ1) is 15.3. The first-order valence-corrected chi connectivity index (χ1v) is 11.5. The number of urea groups is 1. The summed E-state index contributed by atoms with van der Waals surface area (Å²) in [7, 11) is 0. The van der Waals surface area contributed by atoms with Crippen LogP contribution in [0, 0.1) is 0 Å². The zero-order valence-electron chi connectivity index (χ0n) is 19.9. The number of benzene rings is 2. The fourth-order valence-electron chi connectivity index (χ4n) is 3.81.